The van der Waals surface area contributed by atoms with Crippen LogP contribution in [-0.2, 0) is 15.8 Å². The Kier molecular flexibility index (Phi) is 6.24. The van der Waals surface area contributed by atoms with Gasteiger partial charge in [0.1, 0.15) is 11.1 Å². The van der Waals surface area contributed by atoms with E-state index in [1.165, 1.54) is 0 Å². The van der Waals surface area contributed by atoms with Crippen LogP contribution in [0, 0.1) is 5.92 Å². The molecular formula is C22H34N2O3. The third-order valence-corrected chi connectivity index (χ3v) is 5.79. The molecule has 1 aliphatic heterocycles. The molecule has 0 radical (unpaired) electrons. The zero-order valence-corrected chi connectivity index (χ0v) is 17.2. The largest absolute Gasteiger partial charge is 0.440 e. The summed E-state index contributed by atoms with van der Waals surface area (Å²) in [6.45, 7) is 8.56. The van der Waals surface area contributed by atoms with Gasteiger partial charge in [-0.1, -0.05) is 32.9 Å². The average Bonchev–Trinajstić information content (AvgIpc) is 3.11. The van der Waals surface area contributed by atoms with E-state index >= 15 is 0 Å². The van der Waals surface area contributed by atoms with Crippen molar-refractivity contribution in [2.45, 2.75) is 63.9 Å². The van der Waals surface area contributed by atoms with Gasteiger partial charge in [-0.2, -0.15) is 0 Å². The molecule has 2 N–H and O–H groups in total. The molecular weight excluding hydrogens is 340 g/mol. The summed E-state index contributed by atoms with van der Waals surface area (Å²) in [4.78, 5) is 4.76. The van der Waals surface area contributed by atoms with Crippen molar-refractivity contribution in [2.75, 3.05) is 26.8 Å². The van der Waals surface area contributed by atoms with Crippen molar-refractivity contribution >= 4 is 11.1 Å². The molecule has 5 nitrogen and oxygen atoms in total. The highest BCUT2D eigenvalue weighted by Crippen LogP contribution is 2.44. The van der Waals surface area contributed by atoms with E-state index in [-0.39, 0.29) is 12.0 Å². The van der Waals surface area contributed by atoms with Gasteiger partial charge >= 0.3 is 0 Å². The third kappa shape index (κ3) is 4.05. The average molecular weight is 375 g/mol. The standard InChI is InChI=1S/C22H34N2O3/c1-21(2,3)20-24-18-11-7-10-17(19(18)27-20)22(26-4,12-5-6-14-25)16-9-8-13-23-15-16/h7,10-11,16,23,25H,5-6,8-9,12-15H2,1-4H3/t16-,22+/m1/s1. The van der Waals surface area contributed by atoms with Gasteiger partial charge in [0.25, 0.3) is 0 Å². The van der Waals surface area contributed by atoms with Crippen LogP contribution in [0.2, 0.25) is 0 Å². The van der Waals surface area contributed by atoms with Gasteiger partial charge in [0.2, 0.25) is 5.89 Å². The summed E-state index contributed by atoms with van der Waals surface area (Å²) < 4.78 is 12.6. The molecule has 1 aliphatic rings. The third-order valence-electron chi connectivity index (χ3n) is 5.79. The number of methoxy groups -OCH3 is 1. The fourth-order valence-electron chi connectivity index (χ4n) is 4.29. The molecule has 1 aromatic heterocycles. The highest BCUT2D eigenvalue weighted by molar-refractivity contribution is 5.77. The molecule has 150 valence electrons. The molecule has 0 spiro atoms. The van der Waals surface area contributed by atoms with Gasteiger partial charge in [0.05, 0.1) is 0 Å². The summed E-state index contributed by atoms with van der Waals surface area (Å²) in [6.07, 6.45) is 4.83. The van der Waals surface area contributed by atoms with E-state index in [2.05, 4.69) is 38.2 Å². The maximum absolute atomic E-state index is 9.30. The summed E-state index contributed by atoms with van der Waals surface area (Å²) in [5, 5.41) is 12.8. The minimum atomic E-state index is -0.434. The van der Waals surface area contributed by atoms with Crippen LogP contribution in [0.1, 0.15) is 64.3 Å². The van der Waals surface area contributed by atoms with Gasteiger partial charge in [-0.15, -0.1) is 0 Å². The van der Waals surface area contributed by atoms with Gasteiger partial charge < -0.3 is 19.6 Å². The molecule has 2 aromatic rings. The number of hydrogen-bond acceptors (Lipinski definition) is 5. The highest BCUT2D eigenvalue weighted by atomic mass is 16.5. The van der Waals surface area contributed by atoms with E-state index in [1.807, 2.05) is 13.2 Å². The normalized spacial score (nSPS) is 20.7. The molecule has 0 unspecified atom stereocenters. The number of nitrogens with zero attached hydrogens (tertiary/aromatic N) is 1. The molecule has 2 atom stereocenters. The molecule has 5 heteroatoms. The van der Waals surface area contributed by atoms with E-state index in [0.717, 1.165) is 67.7 Å². The number of aliphatic hydroxyl groups is 1. The van der Waals surface area contributed by atoms with Crippen molar-refractivity contribution in [3.63, 3.8) is 0 Å². The van der Waals surface area contributed by atoms with E-state index < -0.39 is 5.60 Å². The van der Waals surface area contributed by atoms with Crippen LogP contribution < -0.4 is 5.32 Å². The zero-order valence-electron chi connectivity index (χ0n) is 17.2. The minimum Gasteiger partial charge on any atom is -0.440 e. The van der Waals surface area contributed by atoms with Crippen molar-refractivity contribution in [1.29, 1.82) is 0 Å². The number of para-hydroxylation sites is 1. The Morgan fingerprint density at radius 3 is 2.74 bits per heavy atom. The molecule has 2 heterocycles. The van der Waals surface area contributed by atoms with Crippen LogP contribution in [0.3, 0.4) is 0 Å². The molecule has 1 fully saturated rings. The van der Waals surface area contributed by atoms with E-state index in [0.29, 0.717) is 5.92 Å². The molecule has 0 saturated carbocycles. The lowest BCUT2D eigenvalue weighted by Crippen LogP contribution is -2.45. The molecule has 0 amide bonds. The van der Waals surface area contributed by atoms with Gasteiger partial charge in [0, 0.05) is 37.2 Å². The van der Waals surface area contributed by atoms with Gasteiger partial charge in [-0.3, -0.25) is 0 Å². The Labute approximate surface area is 162 Å². The van der Waals surface area contributed by atoms with Crippen molar-refractivity contribution in [2.24, 2.45) is 5.92 Å². The summed E-state index contributed by atoms with van der Waals surface area (Å²) in [7, 11) is 1.81. The highest BCUT2D eigenvalue weighted by Gasteiger charge is 2.43. The molecule has 0 aliphatic carbocycles. The Morgan fingerprint density at radius 2 is 2.11 bits per heavy atom. The Morgan fingerprint density at radius 1 is 1.30 bits per heavy atom. The predicted molar refractivity (Wildman–Crippen MR) is 108 cm³/mol. The SMILES string of the molecule is CO[C@](CCCCO)(c1cccc2nc(C(C)(C)C)oc12)[C@@H]1CCCNC1. The van der Waals surface area contributed by atoms with Gasteiger partial charge in [-0.05, 0) is 44.7 Å². The second kappa shape index (κ2) is 8.29. The maximum atomic E-state index is 9.30. The van der Waals surface area contributed by atoms with Crippen LogP contribution in [0.25, 0.3) is 11.1 Å². The first-order valence-electron chi connectivity index (χ1n) is 10.2. The number of ether oxygens (including phenoxy) is 1. The molecule has 0 bridgehead atoms. The Balaban J connectivity index is 2.11. The first kappa shape index (κ1) is 20.3. The lowest BCUT2D eigenvalue weighted by Gasteiger charge is -2.42. The number of hydrogen-bond donors (Lipinski definition) is 2. The van der Waals surface area contributed by atoms with Crippen LogP contribution in [0.15, 0.2) is 22.6 Å². The first-order chi connectivity index (χ1) is 12.9. The number of oxazole rings is 1. The molecule has 3 rings (SSSR count). The fraction of sp³-hybridized carbons (Fsp3) is 0.682. The summed E-state index contributed by atoms with van der Waals surface area (Å²) in [5.74, 6) is 1.12. The van der Waals surface area contributed by atoms with Crippen molar-refractivity contribution in [3.8, 4) is 0 Å². The Hall–Kier alpha value is -1.43. The van der Waals surface area contributed by atoms with Gasteiger partial charge in [0.15, 0.2) is 5.58 Å². The van der Waals surface area contributed by atoms with Crippen molar-refractivity contribution < 1.29 is 14.3 Å². The fourth-order valence-corrected chi connectivity index (χ4v) is 4.29. The van der Waals surface area contributed by atoms with Crippen LogP contribution in [0.5, 0.6) is 0 Å². The number of rotatable bonds is 7. The Bertz CT molecular complexity index is 744. The van der Waals surface area contributed by atoms with E-state index in [1.54, 1.807) is 0 Å². The number of aliphatic hydroxyl groups excluding tert-OH is 1. The number of piperidine rings is 1. The molecule has 27 heavy (non-hydrogen) atoms. The number of unbranched alkanes of at least 4 members (excludes halogenated alkanes) is 1. The lowest BCUT2D eigenvalue weighted by atomic mass is 9.74. The molecule has 1 saturated heterocycles. The second-order valence-corrected chi connectivity index (χ2v) is 8.74. The number of fused-ring (bicyclic) bond motifs is 1. The van der Waals surface area contributed by atoms with Gasteiger partial charge in [-0.25, -0.2) is 4.98 Å². The number of aromatic nitrogens is 1. The van der Waals surface area contributed by atoms with Crippen LogP contribution >= 0.6 is 0 Å². The maximum Gasteiger partial charge on any atom is 0.200 e. The van der Waals surface area contributed by atoms with E-state index in [9.17, 15) is 5.11 Å². The van der Waals surface area contributed by atoms with E-state index in [4.69, 9.17) is 14.1 Å². The quantitative estimate of drug-likeness (QED) is 0.713. The first-order valence-corrected chi connectivity index (χ1v) is 10.2. The minimum absolute atomic E-state index is 0.144. The zero-order chi connectivity index (χ0) is 19.5. The molecule has 1 aromatic carbocycles. The second-order valence-electron chi connectivity index (χ2n) is 8.74. The van der Waals surface area contributed by atoms with Crippen LogP contribution in [-0.4, -0.2) is 36.9 Å². The summed E-state index contributed by atoms with van der Waals surface area (Å²) in [5.41, 5.74) is 2.26. The topological polar surface area (TPSA) is 67.5 Å². The van der Waals surface area contributed by atoms with Crippen molar-refractivity contribution in [3.05, 3.63) is 29.7 Å². The smallest absolute Gasteiger partial charge is 0.200 e. The summed E-state index contributed by atoms with van der Waals surface area (Å²) in [6, 6.07) is 6.21. The van der Waals surface area contributed by atoms with Crippen molar-refractivity contribution in [1.82, 2.24) is 10.3 Å². The lowest BCUT2D eigenvalue weighted by molar-refractivity contribution is -0.0793. The monoisotopic (exact) mass is 374 g/mol. The van der Waals surface area contributed by atoms with Crippen LogP contribution in [0.4, 0.5) is 0 Å². The number of benzene rings is 1. The number of nitrogens with one attached hydrogen (secondary N) is 1. The predicted octanol–water partition coefficient (Wildman–Crippen LogP) is 4.13. The summed E-state index contributed by atoms with van der Waals surface area (Å²) >= 11 is 0.